The Morgan fingerprint density at radius 1 is 1.13 bits per heavy atom. The van der Waals surface area contributed by atoms with E-state index in [1.807, 2.05) is 0 Å². The highest BCUT2D eigenvalue weighted by molar-refractivity contribution is 4.86. The first-order valence-electron chi connectivity index (χ1n) is 4.84. The number of nitrogens with two attached hydrogens (primary N) is 3. The van der Waals surface area contributed by atoms with Crippen molar-refractivity contribution in [3.63, 3.8) is 0 Å². The lowest BCUT2D eigenvalue weighted by Gasteiger charge is -2.42. The van der Waals surface area contributed by atoms with Crippen LogP contribution < -0.4 is 17.2 Å². The van der Waals surface area contributed by atoms with Gasteiger partial charge >= 0.3 is 0 Å². The summed E-state index contributed by atoms with van der Waals surface area (Å²) in [5.74, 6) is -1.24. The lowest BCUT2D eigenvalue weighted by Crippen LogP contribution is -2.75. The number of rotatable bonds is 7. The summed E-state index contributed by atoms with van der Waals surface area (Å²) in [4.78, 5) is 3.24. The lowest BCUT2D eigenvalue weighted by atomic mass is 10.2. The maximum absolute atomic E-state index is 8.78. The molecule has 0 aliphatic rings. The molecule has 8 N–H and O–H groups in total. The van der Waals surface area contributed by atoms with Gasteiger partial charge in [0.2, 0.25) is 0 Å². The first kappa shape index (κ1) is 14.7. The first-order valence-corrected chi connectivity index (χ1v) is 4.84. The quantitative estimate of drug-likeness (QED) is 0.285. The standard InChI is InChI=1S/C8H23N5O2/c1-12(3-5-14)7(9)8(10,11)13(2)4-6-15/h7,14-15H,3-6,9-11H2,1-2H3. The Morgan fingerprint density at radius 2 is 1.60 bits per heavy atom. The molecule has 0 fully saturated rings. The van der Waals surface area contributed by atoms with Crippen LogP contribution >= 0.6 is 0 Å². The lowest BCUT2D eigenvalue weighted by molar-refractivity contribution is 0.0161. The summed E-state index contributed by atoms with van der Waals surface area (Å²) in [6, 6.07) is 0. The van der Waals surface area contributed by atoms with Crippen LogP contribution in [0.4, 0.5) is 0 Å². The van der Waals surface area contributed by atoms with E-state index in [9.17, 15) is 0 Å². The van der Waals surface area contributed by atoms with Gasteiger partial charge in [-0.25, -0.2) is 0 Å². The zero-order valence-electron chi connectivity index (χ0n) is 9.43. The summed E-state index contributed by atoms with van der Waals surface area (Å²) in [6.07, 6.45) is -0.624. The van der Waals surface area contributed by atoms with E-state index in [-0.39, 0.29) is 13.2 Å². The Kier molecular flexibility index (Phi) is 6.22. The molecule has 0 aromatic rings. The molecule has 0 saturated heterocycles. The van der Waals surface area contributed by atoms with E-state index in [0.717, 1.165) is 0 Å². The molecule has 15 heavy (non-hydrogen) atoms. The minimum absolute atomic E-state index is 0.00993. The van der Waals surface area contributed by atoms with Crippen LogP contribution in [0, 0.1) is 0 Å². The van der Waals surface area contributed by atoms with Gasteiger partial charge in [0.1, 0.15) is 12.0 Å². The fraction of sp³-hybridized carbons (Fsp3) is 1.00. The van der Waals surface area contributed by atoms with Gasteiger partial charge in [0.25, 0.3) is 0 Å². The van der Waals surface area contributed by atoms with Crippen molar-refractivity contribution >= 4 is 0 Å². The van der Waals surface area contributed by atoms with Gasteiger partial charge in [-0.05, 0) is 14.1 Å². The molecule has 7 heteroatoms. The Balaban J connectivity index is 4.41. The number of aliphatic hydroxyl groups excluding tert-OH is 2. The molecule has 0 saturated carbocycles. The van der Waals surface area contributed by atoms with Crippen molar-refractivity contribution in [3.8, 4) is 0 Å². The van der Waals surface area contributed by atoms with Crippen molar-refractivity contribution < 1.29 is 10.2 Å². The molecule has 0 amide bonds. The second-order valence-electron chi connectivity index (χ2n) is 3.68. The molecule has 0 aliphatic heterocycles. The average Bonchev–Trinajstić information content (AvgIpc) is 2.17. The molecular weight excluding hydrogens is 198 g/mol. The van der Waals surface area contributed by atoms with Gasteiger partial charge in [-0.2, -0.15) is 0 Å². The SMILES string of the molecule is CN(CCO)C(N)C(N)(N)N(C)CCO. The molecule has 1 unspecified atom stereocenters. The smallest absolute Gasteiger partial charge is 0.150 e. The molecule has 0 spiro atoms. The first-order chi connectivity index (χ1) is 6.87. The van der Waals surface area contributed by atoms with Crippen molar-refractivity contribution in [1.29, 1.82) is 0 Å². The van der Waals surface area contributed by atoms with Crippen LogP contribution in [0.15, 0.2) is 0 Å². The molecule has 0 aromatic heterocycles. The topological polar surface area (TPSA) is 125 Å². The van der Waals surface area contributed by atoms with Crippen LogP contribution in [0.1, 0.15) is 0 Å². The van der Waals surface area contributed by atoms with Crippen LogP contribution in [-0.4, -0.2) is 72.4 Å². The van der Waals surface area contributed by atoms with E-state index in [0.29, 0.717) is 13.1 Å². The number of hydrogen-bond donors (Lipinski definition) is 5. The van der Waals surface area contributed by atoms with E-state index < -0.39 is 12.0 Å². The molecule has 0 aromatic carbocycles. The minimum Gasteiger partial charge on any atom is -0.395 e. The Bertz CT molecular complexity index is 178. The third kappa shape index (κ3) is 3.99. The third-order valence-electron chi connectivity index (χ3n) is 2.50. The number of likely N-dealkylation sites (N-methyl/N-ethyl adjacent to an activating group) is 2. The third-order valence-corrected chi connectivity index (χ3v) is 2.50. The van der Waals surface area contributed by atoms with Crippen molar-refractivity contribution in [2.45, 2.75) is 12.0 Å². The van der Waals surface area contributed by atoms with Gasteiger partial charge in [-0.15, -0.1) is 0 Å². The van der Waals surface area contributed by atoms with Crippen molar-refractivity contribution in [2.75, 3.05) is 40.4 Å². The van der Waals surface area contributed by atoms with Crippen molar-refractivity contribution in [3.05, 3.63) is 0 Å². The molecule has 7 nitrogen and oxygen atoms in total. The van der Waals surface area contributed by atoms with Gasteiger partial charge < -0.3 is 15.9 Å². The zero-order valence-corrected chi connectivity index (χ0v) is 9.43. The Labute approximate surface area is 90.4 Å². The fourth-order valence-electron chi connectivity index (χ4n) is 1.22. The number of hydrogen-bond acceptors (Lipinski definition) is 7. The van der Waals surface area contributed by atoms with Gasteiger partial charge in [-0.1, -0.05) is 0 Å². The van der Waals surface area contributed by atoms with Crippen molar-refractivity contribution in [1.82, 2.24) is 9.80 Å². The second-order valence-corrected chi connectivity index (χ2v) is 3.68. The van der Waals surface area contributed by atoms with Crippen LogP contribution in [0.25, 0.3) is 0 Å². The van der Waals surface area contributed by atoms with Crippen LogP contribution in [0.5, 0.6) is 0 Å². The van der Waals surface area contributed by atoms with Gasteiger partial charge in [0.05, 0.1) is 13.2 Å². The Morgan fingerprint density at radius 3 is 2.00 bits per heavy atom. The number of aliphatic hydroxyl groups is 2. The molecule has 0 aliphatic carbocycles. The molecule has 0 radical (unpaired) electrons. The maximum atomic E-state index is 8.78. The van der Waals surface area contributed by atoms with Crippen molar-refractivity contribution in [2.24, 2.45) is 17.2 Å². The second kappa shape index (κ2) is 6.33. The molecular formula is C8H23N5O2. The molecule has 0 heterocycles. The van der Waals surface area contributed by atoms with Gasteiger partial charge in [0, 0.05) is 13.1 Å². The number of nitrogens with zero attached hydrogens (tertiary/aromatic N) is 2. The normalized spacial score (nSPS) is 15.0. The summed E-state index contributed by atoms with van der Waals surface area (Å²) < 4.78 is 0. The highest BCUT2D eigenvalue weighted by Gasteiger charge is 2.34. The summed E-state index contributed by atoms with van der Waals surface area (Å²) in [6.45, 7) is 0.686. The Hall–Kier alpha value is -0.280. The average molecular weight is 221 g/mol. The van der Waals surface area contributed by atoms with E-state index in [2.05, 4.69) is 0 Å². The zero-order chi connectivity index (χ0) is 12.1. The van der Waals surface area contributed by atoms with E-state index in [1.54, 1.807) is 23.9 Å². The van der Waals surface area contributed by atoms with Gasteiger partial charge in [-0.3, -0.25) is 21.3 Å². The highest BCUT2D eigenvalue weighted by Crippen LogP contribution is 2.05. The van der Waals surface area contributed by atoms with Crippen LogP contribution in [-0.2, 0) is 0 Å². The minimum atomic E-state index is -1.24. The molecule has 0 rings (SSSR count). The molecule has 1 atom stereocenters. The van der Waals surface area contributed by atoms with Crippen LogP contribution in [0.2, 0.25) is 0 Å². The largest absolute Gasteiger partial charge is 0.395 e. The monoisotopic (exact) mass is 221 g/mol. The highest BCUT2D eigenvalue weighted by atomic mass is 16.3. The fourth-order valence-corrected chi connectivity index (χ4v) is 1.22. The van der Waals surface area contributed by atoms with Crippen LogP contribution in [0.3, 0.4) is 0 Å². The summed E-state index contributed by atoms with van der Waals surface area (Å²) in [5.41, 5.74) is 17.6. The summed E-state index contributed by atoms with van der Waals surface area (Å²) >= 11 is 0. The van der Waals surface area contributed by atoms with E-state index in [1.165, 1.54) is 0 Å². The van der Waals surface area contributed by atoms with E-state index >= 15 is 0 Å². The predicted molar refractivity (Wildman–Crippen MR) is 58.5 cm³/mol. The predicted octanol–water partition coefficient (Wildman–Crippen LogP) is -3.31. The molecule has 92 valence electrons. The van der Waals surface area contributed by atoms with E-state index in [4.69, 9.17) is 27.4 Å². The maximum Gasteiger partial charge on any atom is 0.150 e. The summed E-state index contributed by atoms with van der Waals surface area (Å²) in [7, 11) is 3.41. The van der Waals surface area contributed by atoms with Gasteiger partial charge in [0.15, 0.2) is 0 Å². The summed E-state index contributed by atoms with van der Waals surface area (Å²) in [5, 5.41) is 17.5. The molecule has 0 bridgehead atoms.